The molecule has 25 heavy (non-hydrogen) atoms. The molecule has 1 amide bonds. The number of rotatable bonds is 4. The van der Waals surface area contributed by atoms with Crippen LogP contribution in [0.5, 0.6) is 0 Å². The third kappa shape index (κ3) is 3.17. The predicted molar refractivity (Wildman–Crippen MR) is 90.1 cm³/mol. The first kappa shape index (κ1) is 15.6. The summed E-state index contributed by atoms with van der Waals surface area (Å²) in [7, 11) is 0. The Morgan fingerprint density at radius 3 is 2.96 bits per heavy atom. The Labute approximate surface area is 145 Å². The van der Waals surface area contributed by atoms with Gasteiger partial charge in [0.05, 0.1) is 12.5 Å². The highest BCUT2D eigenvalue weighted by Crippen LogP contribution is 2.27. The fourth-order valence-electron chi connectivity index (χ4n) is 3.23. The summed E-state index contributed by atoms with van der Waals surface area (Å²) in [5, 5.41) is 8.07. The normalized spacial score (nSPS) is 17.2. The van der Waals surface area contributed by atoms with E-state index in [1.165, 1.54) is 0 Å². The molecule has 7 nitrogen and oxygen atoms in total. The van der Waals surface area contributed by atoms with Crippen molar-refractivity contribution in [1.82, 2.24) is 24.8 Å². The van der Waals surface area contributed by atoms with Crippen LogP contribution in [0.25, 0.3) is 0 Å². The number of hydrogen-bond acceptors (Lipinski definition) is 5. The minimum atomic E-state index is 0.0430. The number of carbonyl (C=O) groups excluding carboxylic acids is 1. The number of amides is 1. The molecule has 1 aliphatic rings. The van der Waals surface area contributed by atoms with Crippen LogP contribution in [0.1, 0.15) is 40.0 Å². The van der Waals surface area contributed by atoms with Gasteiger partial charge in [0.15, 0.2) is 5.82 Å². The second kappa shape index (κ2) is 6.51. The van der Waals surface area contributed by atoms with Gasteiger partial charge in [-0.05, 0) is 31.0 Å². The number of aromatic nitrogens is 4. The largest absolute Gasteiger partial charge is 0.339 e. The lowest BCUT2D eigenvalue weighted by Gasteiger charge is -2.18. The molecule has 1 fully saturated rings. The molecule has 1 saturated heterocycles. The summed E-state index contributed by atoms with van der Waals surface area (Å²) < 4.78 is 7.08. The Bertz CT molecular complexity index is 871. The van der Waals surface area contributed by atoms with E-state index in [0.717, 1.165) is 17.5 Å². The summed E-state index contributed by atoms with van der Waals surface area (Å²) in [5.74, 6) is 1.41. The van der Waals surface area contributed by atoms with Crippen molar-refractivity contribution in [3.05, 3.63) is 65.6 Å². The maximum absolute atomic E-state index is 13.0. The molecule has 0 N–H and O–H groups in total. The second-order valence-electron chi connectivity index (χ2n) is 6.28. The van der Waals surface area contributed by atoms with Gasteiger partial charge in [-0.25, -0.2) is 0 Å². The molecule has 1 atom stereocenters. The van der Waals surface area contributed by atoms with Crippen LogP contribution in [-0.4, -0.2) is 43.8 Å². The number of nitrogens with zero attached hydrogens (tertiary/aromatic N) is 5. The van der Waals surface area contributed by atoms with Gasteiger partial charge in [-0.15, -0.1) is 0 Å². The summed E-state index contributed by atoms with van der Waals surface area (Å²) >= 11 is 0. The molecule has 0 saturated carbocycles. The maximum atomic E-state index is 13.0. The Morgan fingerprint density at radius 2 is 2.20 bits per heavy atom. The van der Waals surface area contributed by atoms with E-state index in [-0.39, 0.29) is 11.8 Å². The molecule has 2 aromatic heterocycles. The van der Waals surface area contributed by atoms with Crippen LogP contribution in [0.2, 0.25) is 0 Å². The van der Waals surface area contributed by atoms with Crippen LogP contribution >= 0.6 is 0 Å². The highest BCUT2D eigenvalue weighted by molar-refractivity contribution is 5.96. The molecular weight excluding hydrogens is 318 g/mol. The first-order valence-corrected chi connectivity index (χ1v) is 8.35. The molecule has 128 valence electrons. The van der Waals surface area contributed by atoms with Crippen LogP contribution in [0, 0.1) is 6.92 Å². The van der Waals surface area contributed by atoms with Gasteiger partial charge in [0, 0.05) is 31.0 Å². The zero-order valence-electron chi connectivity index (χ0n) is 14.0. The predicted octanol–water partition coefficient (Wildman–Crippen LogP) is 2.25. The molecule has 0 radical (unpaired) electrons. The quantitative estimate of drug-likeness (QED) is 0.730. The lowest BCUT2D eigenvalue weighted by molar-refractivity contribution is 0.0788. The van der Waals surface area contributed by atoms with Crippen molar-refractivity contribution < 1.29 is 9.32 Å². The minimum Gasteiger partial charge on any atom is -0.339 e. The van der Waals surface area contributed by atoms with Gasteiger partial charge in [-0.3, -0.25) is 9.48 Å². The van der Waals surface area contributed by atoms with E-state index < -0.39 is 0 Å². The van der Waals surface area contributed by atoms with Gasteiger partial charge in [-0.2, -0.15) is 10.1 Å². The van der Waals surface area contributed by atoms with E-state index >= 15 is 0 Å². The minimum absolute atomic E-state index is 0.0430. The van der Waals surface area contributed by atoms with E-state index in [1.54, 1.807) is 13.1 Å². The number of hydrogen-bond donors (Lipinski definition) is 0. The first-order chi connectivity index (χ1) is 12.2. The summed E-state index contributed by atoms with van der Waals surface area (Å²) in [4.78, 5) is 19.2. The van der Waals surface area contributed by atoms with Crippen molar-refractivity contribution in [1.29, 1.82) is 0 Å². The van der Waals surface area contributed by atoms with E-state index in [1.807, 2.05) is 46.1 Å². The fraction of sp³-hybridized carbons (Fsp3) is 0.333. The number of aryl methyl sites for hydroxylation is 1. The Morgan fingerprint density at radius 1 is 1.32 bits per heavy atom. The first-order valence-electron chi connectivity index (χ1n) is 8.35. The summed E-state index contributed by atoms with van der Waals surface area (Å²) in [6.45, 7) is 3.68. The second-order valence-corrected chi connectivity index (χ2v) is 6.28. The third-order valence-electron chi connectivity index (χ3n) is 4.51. The number of carbonyl (C=O) groups is 1. The van der Waals surface area contributed by atoms with Gasteiger partial charge in [0.2, 0.25) is 5.89 Å². The van der Waals surface area contributed by atoms with Crippen LogP contribution < -0.4 is 0 Å². The van der Waals surface area contributed by atoms with Crippen LogP contribution in [0.3, 0.4) is 0 Å². The highest BCUT2D eigenvalue weighted by atomic mass is 16.5. The van der Waals surface area contributed by atoms with Gasteiger partial charge >= 0.3 is 0 Å². The smallest absolute Gasteiger partial charge is 0.254 e. The molecule has 0 bridgehead atoms. The zero-order chi connectivity index (χ0) is 17.2. The van der Waals surface area contributed by atoms with Crippen LogP contribution in [0.4, 0.5) is 0 Å². The molecule has 1 aromatic carbocycles. The number of benzene rings is 1. The SMILES string of the molecule is Cc1noc([C@@H]2CCN(C(=O)c3ccccc3Cn3cccn3)C2)n1. The maximum Gasteiger partial charge on any atom is 0.254 e. The highest BCUT2D eigenvalue weighted by Gasteiger charge is 2.32. The van der Waals surface area contributed by atoms with Crippen molar-refractivity contribution in [2.75, 3.05) is 13.1 Å². The average Bonchev–Trinajstić information content (AvgIpc) is 3.36. The molecule has 0 aliphatic carbocycles. The Hall–Kier alpha value is -2.96. The fourth-order valence-corrected chi connectivity index (χ4v) is 3.23. The van der Waals surface area contributed by atoms with E-state index in [2.05, 4.69) is 15.2 Å². The molecule has 3 aromatic rings. The molecule has 1 aliphatic heterocycles. The Balaban J connectivity index is 1.52. The van der Waals surface area contributed by atoms with E-state index in [4.69, 9.17) is 4.52 Å². The van der Waals surface area contributed by atoms with Crippen LogP contribution in [-0.2, 0) is 6.54 Å². The van der Waals surface area contributed by atoms with Crippen molar-refractivity contribution in [2.24, 2.45) is 0 Å². The van der Waals surface area contributed by atoms with Crippen LogP contribution in [0.15, 0.2) is 47.2 Å². The molecule has 7 heteroatoms. The number of likely N-dealkylation sites (tertiary alicyclic amines) is 1. The van der Waals surface area contributed by atoms with Gasteiger partial charge in [0.1, 0.15) is 0 Å². The Kier molecular flexibility index (Phi) is 4.05. The molecule has 3 heterocycles. The van der Waals surface area contributed by atoms with Crippen molar-refractivity contribution in [2.45, 2.75) is 25.8 Å². The van der Waals surface area contributed by atoms with Gasteiger partial charge in [0.25, 0.3) is 5.91 Å². The van der Waals surface area contributed by atoms with Gasteiger partial charge in [-0.1, -0.05) is 23.4 Å². The van der Waals surface area contributed by atoms with Crippen molar-refractivity contribution in [3.8, 4) is 0 Å². The average molecular weight is 337 g/mol. The molecular formula is C18H19N5O2. The van der Waals surface area contributed by atoms with Gasteiger partial charge < -0.3 is 9.42 Å². The topological polar surface area (TPSA) is 77.0 Å². The van der Waals surface area contributed by atoms with E-state index in [0.29, 0.717) is 31.3 Å². The molecule has 0 spiro atoms. The summed E-state index contributed by atoms with van der Waals surface area (Å²) in [6, 6.07) is 9.58. The van der Waals surface area contributed by atoms with E-state index in [9.17, 15) is 4.79 Å². The van der Waals surface area contributed by atoms with Crippen molar-refractivity contribution >= 4 is 5.91 Å². The molecule has 0 unspecified atom stereocenters. The third-order valence-corrected chi connectivity index (χ3v) is 4.51. The van der Waals surface area contributed by atoms with Crippen molar-refractivity contribution in [3.63, 3.8) is 0 Å². The summed E-state index contributed by atoms with van der Waals surface area (Å²) in [5.41, 5.74) is 1.69. The lowest BCUT2D eigenvalue weighted by atomic mass is 10.1. The lowest BCUT2D eigenvalue weighted by Crippen LogP contribution is -2.29. The monoisotopic (exact) mass is 337 g/mol. The zero-order valence-corrected chi connectivity index (χ0v) is 14.0. The standard InChI is InChI=1S/C18H19N5O2/c1-13-20-17(25-21-13)15-7-10-22(11-15)18(24)16-6-3-2-5-14(16)12-23-9-4-8-19-23/h2-6,8-9,15H,7,10-12H2,1H3/t15-/m1/s1. The summed E-state index contributed by atoms with van der Waals surface area (Å²) in [6.07, 6.45) is 4.47. The molecule has 4 rings (SSSR count).